The molecule has 0 saturated heterocycles. The van der Waals surface area contributed by atoms with Crippen LogP contribution in [0, 0.1) is 0 Å². The zero-order chi connectivity index (χ0) is 13.1. The molecule has 0 aromatic carbocycles. The summed E-state index contributed by atoms with van der Waals surface area (Å²) in [5.74, 6) is -0.930. The molecule has 2 aromatic heterocycles. The van der Waals surface area contributed by atoms with Gasteiger partial charge in [0, 0.05) is 34.6 Å². The van der Waals surface area contributed by atoms with Gasteiger partial charge < -0.3 is 5.11 Å². The normalized spacial score (nSPS) is 11.2. The van der Waals surface area contributed by atoms with Crippen LogP contribution in [-0.4, -0.2) is 20.9 Å². The standard InChI is InChI=1S/C13H14N2O2S/c1-3-11-10(8-15(2)14-11)12-6-4-9(18-12)5-7-13(16)17/h4-8H,3H2,1-2H3,(H,16,17)/b7-5+. The second-order valence-electron chi connectivity index (χ2n) is 3.89. The highest BCUT2D eigenvalue weighted by atomic mass is 32.1. The van der Waals surface area contributed by atoms with Gasteiger partial charge in [-0.2, -0.15) is 5.10 Å². The van der Waals surface area contributed by atoms with Gasteiger partial charge in [-0.05, 0) is 24.6 Å². The van der Waals surface area contributed by atoms with E-state index in [1.807, 2.05) is 25.4 Å². The number of nitrogens with zero attached hydrogens (tertiary/aromatic N) is 2. The van der Waals surface area contributed by atoms with Crippen LogP contribution < -0.4 is 0 Å². The van der Waals surface area contributed by atoms with E-state index in [2.05, 4.69) is 12.0 Å². The Morgan fingerprint density at radius 3 is 3.00 bits per heavy atom. The minimum atomic E-state index is -0.930. The summed E-state index contributed by atoms with van der Waals surface area (Å²) in [4.78, 5) is 12.5. The number of carboxylic acid groups (broad SMARTS) is 1. The summed E-state index contributed by atoms with van der Waals surface area (Å²) in [5.41, 5.74) is 2.19. The van der Waals surface area contributed by atoms with Crippen LogP contribution in [0.1, 0.15) is 17.5 Å². The average Bonchev–Trinajstić information content (AvgIpc) is 2.92. The molecule has 2 heterocycles. The Morgan fingerprint density at radius 1 is 1.56 bits per heavy atom. The van der Waals surface area contributed by atoms with Crippen molar-refractivity contribution < 1.29 is 9.90 Å². The zero-order valence-corrected chi connectivity index (χ0v) is 11.1. The number of carbonyl (C=O) groups is 1. The molecular weight excluding hydrogens is 248 g/mol. The van der Waals surface area contributed by atoms with Gasteiger partial charge in [0.05, 0.1) is 5.69 Å². The molecule has 0 amide bonds. The molecule has 0 atom stereocenters. The lowest BCUT2D eigenvalue weighted by Crippen LogP contribution is -1.88. The third-order valence-electron chi connectivity index (χ3n) is 2.52. The second kappa shape index (κ2) is 5.18. The monoisotopic (exact) mass is 262 g/mol. The van der Waals surface area contributed by atoms with Crippen molar-refractivity contribution in [2.24, 2.45) is 7.05 Å². The third kappa shape index (κ3) is 2.68. The van der Waals surface area contributed by atoms with Crippen LogP contribution in [-0.2, 0) is 18.3 Å². The SMILES string of the molecule is CCc1nn(C)cc1-c1ccc(/C=C/C(=O)O)s1. The van der Waals surface area contributed by atoms with Crippen LogP contribution in [0.25, 0.3) is 16.5 Å². The van der Waals surface area contributed by atoms with Crippen LogP contribution >= 0.6 is 11.3 Å². The lowest BCUT2D eigenvalue weighted by atomic mass is 10.2. The number of aliphatic carboxylic acids is 1. The van der Waals surface area contributed by atoms with E-state index in [0.717, 1.165) is 33.5 Å². The molecule has 0 fully saturated rings. The predicted octanol–water partition coefficient (Wildman–Crippen LogP) is 2.81. The summed E-state index contributed by atoms with van der Waals surface area (Å²) < 4.78 is 1.81. The topological polar surface area (TPSA) is 55.1 Å². The summed E-state index contributed by atoms with van der Waals surface area (Å²) in [6, 6.07) is 3.92. The van der Waals surface area contributed by atoms with Crippen molar-refractivity contribution in [2.45, 2.75) is 13.3 Å². The van der Waals surface area contributed by atoms with Gasteiger partial charge in [-0.3, -0.25) is 4.68 Å². The molecule has 94 valence electrons. The number of thiophene rings is 1. The van der Waals surface area contributed by atoms with Crippen molar-refractivity contribution in [3.05, 3.63) is 35.0 Å². The molecule has 0 unspecified atom stereocenters. The first-order valence-electron chi connectivity index (χ1n) is 5.64. The van der Waals surface area contributed by atoms with E-state index in [1.54, 1.807) is 22.1 Å². The number of hydrogen-bond donors (Lipinski definition) is 1. The Kier molecular flexibility index (Phi) is 3.62. The molecular formula is C13H14N2O2S. The van der Waals surface area contributed by atoms with Gasteiger partial charge in [-0.1, -0.05) is 6.92 Å². The Balaban J connectivity index is 2.31. The smallest absolute Gasteiger partial charge is 0.328 e. The largest absolute Gasteiger partial charge is 0.478 e. The Morgan fingerprint density at radius 2 is 2.33 bits per heavy atom. The number of carboxylic acids is 1. The summed E-state index contributed by atoms with van der Waals surface area (Å²) in [6.45, 7) is 2.07. The highest BCUT2D eigenvalue weighted by molar-refractivity contribution is 7.16. The summed E-state index contributed by atoms with van der Waals surface area (Å²) in [5, 5.41) is 13.0. The Labute approximate surface area is 109 Å². The number of rotatable bonds is 4. The number of hydrogen-bond acceptors (Lipinski definition) is 3. The first kappa shape index (κ1) is 12.6. The van der Waals surface area contributed by atoms with Gasteiger partial charge in [0.2, 0.25) is 0 Å². The Hall–Kier alpha value is -1.88. The van der Waals surface area contributed by atoms with E-state index >= 15 is 0 Å². The first-order chi connectivity index (χ1) is 8.60. The molecule has 18 heavy (non-hydrogen) atoms. The molecule has 0 aliphatic carbocycles. The van der Waals surface area contributed by atoms with E-state index < -0.39 is 5.97 Å². The third-order valence-corrected chi connectivity index (χ3v) is 3.61. The molecule has 0 radical (unpaired) electrons. The lowest BCUT2D eigenvalue weighted by Gasteiger charge is -1.94. The van der Waals surface area contributed by atoms with Gasteiger partial charge in [-0.25, -0.2) is 4.79 Å². The van der Waals surface area contributed by atoms with Gasteiger partial charge >= 0.3 is 5.97 Å². The van der Waals surface area contributed by atoms with Gasteiger partial charge in [0.15, 0.2) is 0 Å². The van der Waals surface area contributed by atoms with Crippen molar-refractivity contribution in [3.63, 3.8) is 0 Å². The van der Waals surface area contributed by atoms with Crippen molar-refractivity contribution in [1.29, 1.82) is 0 Å². The van der Waals surface area contributed by atoms with E-state index in [-0.39, 0.29) is 0 Å². The lowest BCUT2D eigenvalue weighted by molar-refractivity contribution is -0.131. The molecule has 2 rings (SSSR count). The van der Waals surface area contributed by atoms with E-state index in [1.165, 1.54) is 0 Å². The maximum atomic E-state index is 10.5. The van der Waals surface area contributed by atoms with Crippen molar-refractivity contribution in [3.8, 4) is 10.4 Å². The van der Waals surface area contributed by atoms with Crippen LogP contribution in [0.5, 0.6) is 0 Å². The minimum Gasteiger partial charge on any atom is -0.478 e. The van der Waals surface area contributed by atoms with Crippen LogP contribution in [0.3, 0.4) is 0 Å². The second-order valence-corrected chi connectivity index (χ2v) is 5.01. The van der Waals surface area contributed by atoms with Crippen molar-refractivity contribution in [1.82, 2.24) is 9.78 Å². The molecule has 0 aliphatic heterocycles. The fraction of sp³-hybridized carbons (Fsp3) is 0.231. The highest BCUT2D eigenvalue weighted by Crippen LogP contribution is 2.31. The number of aryl methyl sites for hydroxylation is 2. The fourth-order valence-electron chi connectivity index (χ4n) is 1.74. The van der Waals surface area contributed by atoms with Gasteiger partial charge in [-0.15, -0.1) is 11.3 Å². The van der Waals surface area contributed by atoms with Crippen LogP contribution in [0.15, 0.2) is 24.4 Å². The number of aromatic nitrogens is 2. The molecule has 0 aliphatic rings. The molecule has 4 nitrogen and oxygen atoms in total. The van der Waals surface area contributed by atoms with Gasteiger partial charge in [0.25, 0.3) is 0 Å². The average molecular weight is 262 g/mol. The quantitative estimate of drug-likeness (QED) is 0.862. The zero-order valence-electron chi connectivity index (χ0n) is 10.3. The summed E-state index contributed by atoms with van der Waals surface area (Å²) in [7, 11) is 1.90. The molecule has 0 saturated carbocycles. The van der Waals surface area contributed by atoms with E-state index in [4.69, 9.17) is 5.11 Å². The van der Waals surface area contributed by atoms with E-state index in [9.17, 15) is 4.79 Å². The maximum absolute atomic E-state index is 10.5. The molecule has 0 spiro atoms. The molecule has 5 heteroatoms. The molecule has 2 aromatic rings. The fourth-order valence-corrected chi connectivity index (χ4v) is 2.68. The summed E-state index contributed by atoms with van der Waals surface area (Å²) in [6.07, 6.45) is 5.64. The van der Waals surface area contributed by atoms with Crippen molar-refractivity contribution in [2.75, 3.05) is 0 Å². The minimum absolute atomic E-state index is 0.883. The van der Waals surface area contributed by atoms with Crippen LogP contribution in [0.4, 0.5) is 0 Å². The highest BCUT2D eigenvalue weighted by Gasteiger charge is 2.10. The maximum Gasteiger partial charge on any atom is 0.328 e. The summed E-state index contributed by atoms with van der Waals surface area (Å²) >= 11 is 1.57. The van der Waals surface area contributed by atoms with E-state index in [0.29, 0.717) is 0 Å². The Bertz CT molecular complexity index is 596. The van der Waals surface area contributed by atoms with Crippen molar-refractivity contribution >= 4 is 23.4 Å². The van der Waals surface area contributed by atoms with Gasteiger partial charge in [0.1, 0.15) is 0 Å². The first-order valence-corrected chi connectivity index (χ1v) is 6.45. The van der Waals surface area contributed by atoms with Crippen LogP contribution in [0.2, 0.25) is 0 Å². The molecule has 1 N–H and O–H groups in total. The molecule has 0 bridgehead atoms. The predicted molar refractivity (Wildman–Crippen MR) is 72.6 cm³/mol.